The van der Waals surface area contributed by atoms with Gasteiger partial charge in [-0.15, -0.1) is 24.5 Å². The fourth-order valence-electron chi connectivity index (χ4n) is 3.66. The average Bonchev–Trinajstić information content (AvgIpc) is 3.28. The number of nitrogens with one attached hydrogen (secondary N) is 1. The summed E-state index contributed by atoms with van der Waals surface area (Å²) in [6.45, 7) is 0.491. The van der Waals surface area contributed by atoms with E-state index in [4.69, 9.17) is 0 Å². The number of anilines is 1. The highest BCUT2D eigenvalue weighted by atomic mass is 32.2. The van der Waals surface area contributed by atoms with Gasteiger partial charge >= 0.3 is 12.1 Å². The molecular weight excluding hydrogens is 475 g/mol. The van der Waals surface area contributed by atoms with Crippen LogP contribution in [0.15, 0.2) is 51.6 Å². The molecule has 0 unspecified atom stereocenters. The zero-order chi connectivity index (χ0) is 23.4. The lowest BCUT2D eigenvalue weighted by atomic mass is 9.97. The highest BCUT2D eigenvalue weighted by Crippen LogP contribution is 2.29. The molecule has 33 heavy (non-hydrogen) atoms. The molecule has 6 nitrogen and oxygen atoms in total. The number of aromatic nitrogens is 2. The summed E-state index contributed by atoms with van der Waals surface area (Å²) in [6.07, 6.45) is -1.18. The number of hydrogen-bond donors (Lipinski definition) is 1. The number of hydrogen-bond acceptors (Lipinski definition) is 6. The Balaban J connectivity index is 1.43. The number of fused-ring (bicyclic) bond motifs is 1. The Bertz CT molecular complexity index is 1180. The van der Waals surface area contributed by atoms with E-state index in [9.17, 15) is 22.8 Å². The van der Waals surface area contributed by atoms with Crippen molar-refractivity contribution in [3.8, 4) is 5.75 Å². The zero-order valence-electron chi connectivity index (χ0n) is 17.4. The average molecular weight is 496 g/mol. The van der Waals surface area contributed by atoms with E-state index in [1.807, 2.05) is 17.5 Å². The lowest BCUT2D eigenvalue weighted by molar-refractivity contribution is -0.274. The minimum absolute atomic E-state index is 0.0224. The molecule has 1 aromatic carbocycles. The number of thiophene rings is 1. The molecule has 0 radical (unpaired) electrons. The van der Waals surface area contributed by atoms with E-state index in [0.29, 0.717) is 17.3 Å². The van der Waals surface area contributed by atoms with Crippen LogP contribution in [0, 0.1) is 0 Å². The Kier molecular flexibility index (Phi) is 7.08. The molecule has 0 atom stereocenters. The summed E-state index contributed by atoms with van der Waals surface area (Å²) in [5.41, 5.74) is 2.02. The van der Waals surface area contributed by atoms with Gasteiger partial charge in [0.25, 0.3) is 0 Å². The number of ether oxygens (including phenoxy) is 1. The standard InChI is InChI=1S/C22H20F3N3O3S2/c23-22(24,25)31-15-9-7-14(8-10-15)26-19(29)13-33-20-17-5-1-2-6-18(17)28(21(30)27-20)12-16-4-3-11-32-16/h3-4,7-11H,1-2,5-6,12-13H2,(H,26,29). The van der Waals surface area contributed by atoms with Crippen molar-refractivity contribution in [3.63, 3.8) is 0 Å². The molecule has 1 amide bonds. The molecule has 174 valence electrons. The Morgan fingerprint density at radius 2 is 1.94 bits per heavy atom. The lowest BCUT2D eigenvalue weighted by Gasteiger charge is -2.22. The molecule has 3 aromatic rings. The second-order valence-corrected chi connectivity index (χ2v) is 9.40. The van der Waals surface area contributed by atoms with Crippen molar-refractivity contribution in [2.45, 2.75) is 43.6 Å². The SMILES string of the molecule is O=C(CSc1nc(=O)n(Cc2cccs2)c2c1CCCC2)Nc1ccc(OC(F)(F)F)cc1. The van der Waals surface area contributed by atoms with E-state index in [0.717, 1.165) is 54.0 Å². The van der Waals surface area contributed by atoms with Crippen molar-refractivity contribution in [1.82, 2.24) is 9.55 Å². The molecule has 1 aliphatic rings. The van der Waals surface area contributed by atoms with Gasteiger partial charge < -0.3 is 10.1 Å². The van der Waals surface area contributed by atoms with Gasteiger partial charge in [-0.2, -0.15) is 4.98 Å². The number of alkyl halides is 3. The third-order valence-corrected chi connectivity index (χ3v) is 6.94. The Morgan fingerprint density at radius 1 is 1.18 bits per heavy atom. The van der Waals surface area contributed by atoms with Crippen molar-refractivity contribution in [3.05, 3.63) is 68.4 Å². The summed E-state index contributed by atoms with van der Waals surface area (Å²) in [5, 5.41) is 5.17. The van der Waals surface area contributed by atoms with Crippen LogP contribution >= 0.6 is 23.1 Å². The summed E-state index contributed by atoms with van der Waals surface area (Å²) in [5.74, 6) is -0.693. The molecule has 2 aromatic heterocycles. The number of amides is 1. The minimum atomic E-state index is -4.77. The van der Waals surface area contributed by atoms with Crippen LogP contribution in [0.2, 0.25) is 0 Å². The van der Waals surface area contributed by atoms with Crippen LogP contribution in [0.5, 0.6) is 5.75 Å². The maximum absolute atomic E-state index is 12.8. The molecule has 1 aliphatic carbocycles. The van der Waals surface area contributed by atoms with Crippen LogP contribution in [0.3, 0.4) is 0 Å². The van der Waals surface area contributed by atoms with Crippen LogP contribution in [0.1, 0.15) is 29.0 Å². The smallest absolute Gasteiger partial charge is 0.406 e. The Hall–Kier alpha value is -2.79. The molecule has 11 heteroatoms. The maximum atomic E-state index is 12.8. The zero-order valence-corrected chi connectivity index (χ0v) is 19.0. The number of carbonyl (C=O) groups is 1. The van der Waals surface area contributed by atoms with Gasteiger partial charge in [0.1, 0.15) is 10.8 Å². The van der Waals surface area contributed by atoms with Crippen LogP contribution in [0.4, 0.5) is 18.9 Å². The van der Waals surface area contributed by atoms with E-state index < -0.39 is 6.36 Å². The molecule has 0 saturated heterocycles. The second kappa shape index (κ2) is 10.0. The van der Waals surface area contributed by atoms with Gasteiger partial charge in [-0.25, -0.2) is 4.79 Å². The summed E-state index contributed by atoms with van der Waals surface area (Å²) < 4.78 is 42.3. The first-order chi connectivity index (χ1) is 15.8. The monoisotopic (exact) mass is 495 g/mol. The molecular formula is C22H20F3N3O3S2. The molecule has 0 spiro atoms. The third-order valence-electron chi connectivity index (χ3n) is 5.06. The van der Waals surface area contributed by atoms with Crippen LogP contribution < -0.4 is 15.7 Å². The maximum Gasteiger partial charge on any atom is 0.573 e. The largest absolute Gasteiger partial charge is 0.573 e. The predicted octanol–water partition coefficient (Wildman–Crippen LogP) is 4.86. The van der Waals surface area contributed by atoms with Crippen LogP contribution in [-0.2, 0) is 24.2 Å². The third kappa shape index (κ3) is 6.17. The van der Waals surface area contributed by atoms with Gasteiger partial charge in [0.15, 0.2) is 0 Å². The van der Waals surface area contributed by atoms with Crippen LogP contribution in [-0.4, -0.2) is 27.6 Å². The second-order valence-electron chi connectivity index (χ2n) is 7.41. The van der Waals surface area contributed by atoms with Crippen molar-refractivity contribution in [1.29, 1.82) is 0 Å². The molecule has 0 aliphatic heterocycles. The Labute approximate surface area is 195 Å². The fourth-order valence-corrected chi connectivity index (χ4v) is 5.23. The number of rotatable bonds is 7. The topological polar surface area (TPSA) is 73.2 Å². The summed E-state index contributed by atoms with van der Waals surface area (Å²) in [6, 6.07) is 8.85. The van der Waals surface area contributed by atoms with Crippen molar-refractivity contribution in [2.75, 3.05) is 11.1 Å². The molecule has 2 heterocycles. The van der Waals surface area contributed by atoms with Crippen molar-refractivity contribution < 1.29 is 22.7 Å². The number of carbonyl (C=O) groups excluding carboxylic acids is 1. The first-order valence-electron chi connectivity index (χ1n) is 10.2. The van der Waals surface area contributed by atoms with E-state index in [1.165, 1.54) is 23.9 Å². The van der Waals surface area contributed by atoms with E-state index in [2.05, 4.69) is 15.0 Å². The number of thioether (sulfide) groups is 1. The van der Waals surface area contributed by atoms with Gasteiger partial charge in [0.2, 0.25) is 5.91 Å². The molecule has 1 N–H and O–H groups in total. The normalized spacial score (nSPS) is 13.4. The van der Waals surface area contributed by atoms with Gasteiger partial charge in [-0.05, 0) is 61.4 Å². The summed E-state index contributed by atoms with van der Waals surface area (Å²) in [4.78, 5) is 30.5. The molecule has 0 fully saturated rings. The summed E-state index contributed by atoms with van der Waals surface area (Å²) in [7, 11) is 0. The molecule has 4 rings (SSSR count). The van der Waals surface area contributed by atoms with E-state index in [1.54, 1.807) is 15.9 Å². The van der Waals surface area contributed by atoms with Crippen molar-refractivity contribution in [2.24, 2.45) is 0 Å². The van der Waals surface area contributed by atoms with Crippen molar-refractivity contribution >= 4 is 34.7 Å². The lowest BCUT2D eigenvalue weighted by Crippen LogP contribution is -2.30. The fraction of sp³-hybridized carbons (Fsp3) is 0.318. The highest BCUT2D eigenvalue weighted by molar-refractivity contribution is 8.00. The minimum Gasteiger partial charge on any atom is -0.406 e. The van der Waals surface area contributed by atoms with Gasteiger partial charge in [0, 0.05) is 21.8 Å². The number of nitrogens with zero attached hydrogens (tertiary/aromatic N) is 2. The van der Waals surface area contributed by atoms with Crippen LogP contribution in [0.25, 0.3) is 0 Å². The Morgan fingerprint density at radius 3 is 2.64 bits per heavy atom. The first kappa shape index (κ1) is 23.4. The molecule has 0 saturated carbocycles. The van der Waals surface area contributed by atoms with Gasteiger partial charge in [0.05, 0.1) is 12.3 Å². The van der Waals surface area contributed by atoms with E-state index >= 15 is 0 Å². The van der Waals surface area contributed by atoms with Gasteiger partial charge in [-0.3, -0.25) is 9.36 Å². The molecule has 0 bridgehead atoms. The summed E-state index contributed by atoms with van der Waals surface area (Å²) >= 11 is 2.79. The number of halogens is 3. The van der Waals surface area contributed by atoms with E-state index in [-0.39, 0.29) is 23.1 Å². The first-order valence-corrected chi connectivity index (χ1v) is 12.1. The van der Waals surface area contributed by atoms with Gasteiger partial charge in [-0.1, -0.05) is 17.8 Å². The quantitative estimate of drug-likeness (QED) is 0.374. The highest BCUT2D eigenvalue weighted by Gasteiger charge is 2.31. The number of benzene rings is 1. The predicted molar refractivity (Wildman–Crippen MR) is 121 cm³/mol.